The van der Waals surface area contributed by atoms with Crippen LogP contribution in [0.2, 0.25) is 0 Å². The molecule has 1 aromatic heterocycles. The molecule has 0 spiro atoms. The van der Waals surface area contributed by atoms with Gasteiger partial charge < -0.3 is 47.4 Å². The average molecular weight is 792 g/mol. The fourth-order valence-electron chi connectivity index (χ4n) is 6.24. The molecule has 2 aromatic rings. The van der Waals surface area contributed by atoms with E-state index in [2.05, 4.69) is 0 Å². The Morgan fingerprint density at radius 3 is 1.50 bits per heavy atom. The molecular weight excluding hydrogens is 750 g/mol. The Morgan fingerprint density at radius 1 is 0.536 bits per heavy atom. The number of aromatic nitrogens is 1. The van der Waals surface area contributed by atoms with E-state index >= 15 is 0 Å². The molecule has 0 amide bonds. The van der Waals surface area contributed by atoms with Crippen molar-refractivity contribution < 1.29 is 80.9 Å². The van der Waals surface area contributed by atoms with Crippen molar-refractivity contribution in [1.29, 1.82) is 0 Å². The Balaban J connectivity index is 1.93. The lowest BCUT2D eigenvalue weighted by atomic mass is 9.95. The summed E-state index contributed by atoms with van der Waals surface area (Å²) < 4.78 is 57.7. The smallest absolute Gasteiger partial charge is 0.303 e. The zero-order valence-corrected chi connectivity index (χ0v) is 31.4. The maximum absolute atomic E-state index is 14.0. The van der Waals surface area contributed by atoms with Crippen LogP contribution in [-0.2, 0) is 80.9 Å². The third-order valence-corrected chi connectivity index (χ3v) is 8.22. The van der Waals surface area contributed by atoms with E-state index < -0.39 is 127 Å². The Labute approximate surface area is 318 Å². The number of fused-ring (bicyclic) bond motifs is 1. The maximum atomic E-state index is 14.0. The second-order valence-corrected chi connectivity index (χ2v) is 12.6. The lowest BCUT2D eigenvalue weighted by molar-refractivity contribution is -0.349. The first-order chi connectivity index (χ1) is 26.4. The summed E-state index contributed by atoms with van der Waals surface area (Å²) in [5, 5.41) is -0.00178. The van der Waals surface area contributed by atoms with Crippen LogP contribution in [0.4, 0.5) is 0 Å². The predicted octanol–water partition coefficient (Wildman–Crippen LogP) is 0.154. The summed E-state index contributed by atoms with van der Waals surface area (Å²) in [6, 6.07) is 6.95. The first-order valence-electron chi connectivity index (χ1n) is 17.1. The van der Waals surface area contributed by atoms with Crippen LogP contribution in [0.3, 0.4) is 0 Å². The van der Waals surface area contributed by atoms with Crippen LogP contribution in [0, 0.1) is 0 Å². The van der Waals surface area contributed by atoms with E-state index in [9.17, 15) is 43.2 Å². The van der Waals surface area contributed by atoms with Crippen LogP contribution in [-0.4, -0.2) is 115 Å². The van der Waals surface area contributed by atoms with E-state index in [0.29, 0.717) is 0 Å². The number of nitrogens with zero attached hydrogens (tertiary/aromatic N) is 1. The minimum Gasteiger partial charge on any atom is -0.463 e. The third kappa shape index (κ3) is 10.7. The molecule has 10 atom stereocenters. The highest BCUT2D eigenvalue weighted by Gasteiger charge is 2.57. The van der Waals surface area contributed by atoms with E-state index in [4.69, 9.17) is 47.4 Å². The SMILES string of the molecule is CC(=O)OC[C@H]1O[C@@H](n2ccc(=O)c3ccccc3c2=O)[C@H](OC(C)=O)[C@@H](OC(C)=O)[C@@H]1O[C@@H]1O[C@H](COC(C)=O)[C@@H](OC(C)=O)[C@H](OC(C)=O)[C@H]1OC(C)=O. The minimum atomic E-state index is -1.89. The molecule has 3 heterocycles. The number of hydrogen-bond donors (Lipinski definition) is 0. The summed E-state index contributed by atoms with van der Waals surface area (Å²) >= 11 is 0. The van der Waals surface area contributed by atoms with Crippen molar-refractivity contribution in [2.45, 2.75) is 110 Å². The number of carbonyl (C=O) groups excluding carboxylic acids is 7. The summed E-state index contributed by atoms with van der Waals surface area (Å²) in [5.41, 5.74) is -1.34. The molecule has 0 bridgehead atoms. The number of carbonyl (C=O) groups is 7. The Hall–Kier alpha value is -5.73. The molecule has 2 saturated heterocycles. The van der Waals surface area contributed by atoms with Gasteiger partial charge in [0.25, 0.3) is 5.56 Å². The van der Waals surface area contributed by atoms with Crippen molar-refractivity contribution in [3.8, 4) is 0 Å². The van der Waals surface area contributed by atoms with E-state index in [1.165, 1.54) is 18.2 Å². The van der Waals surface area contributed by atoms with Gasteiger partial charge in [0.05, 0.1) is 5.39 Å². The number of hydrogen-bond acceptors (Lipinski definition) is 19. The second kappa shape index (κ2) is 18.7. The van der Waals surface area contributed by atoms with Crippen molar-refractivity contribution in [3.63, 3.8) is 0 Å². The molecule has 2 fully saturated rings. The number of rotatable bonds is 12. The summed E-state index contributed by atoms with van der Waals surface area (Å²) in [4.78, 5) is 113. The standard InChI is InChI=1S/C36H41NO19/c1-16(38)47-14-26-29(56-36-33(53-22(7)44)31(51-20(5)42)28(49-18(3)40)27(55-36)15-48-17(2)39)30(50-19(4)41)32(52-21(6)43)35(54-26)37-13-12-25(45)23-10-8-9-11-24(23)34(37)46/h8-13,26-33,35-36H,14-15H2,1-7H3/t26-,27-,28-,29-,30+,31+,32-,33-,35-,36+/m1/s1. The predicted molar refractivity (Wildman–Crippen MR) is 183 cm³/mol. The van der Waals surface area contributed by atoms with Crippen molar-refractivity contribution >= 4 is 52.6 Å². The first-order valence-corrected chi connectivity index (χ1v) is 17.1. The van der Waals surface area contributed by atoms with Crippen molar-refractivity contribution in [3.05, 3.63) is 57.1 Å². The molecule has 1 aromatic carbocycles. The van der Waals surface area contributed by atoms with Crippen molar-refractivity contribution in [1.82, 2.24) is 4.57 Å². The van der Waals surface area contributed by atoms with Gasteiger partial charge in [-0.25, -0.2) is 0 Å². The average Bonchev–Trinajstić information content (AvgIpc) is 3.21. The zero-order chi connectivity index (χ0) is 41.4. The molecular formula is C36H41NO19. The Morgan fingerprint density at radius 2 is 0.982 bits per heavy atom. The molecule has 20 nitrogen and oxygen atoms in total. The van der Waals surface area contributed by atoms with Gasteiger partial charge in [0.15, 0.2) is 48.5 Å². The molecule has 0 N–H and O–H groups in total. The summed E-state index contributed by atoms with van der Waals surface area (Å²) in [7, 11) is 0. The largest absolute Gasteiger partial charge is 0.463 e. The third-order valence-electron chi connectivity index (χ3n) is 8.22. The topological polar surface area (TPSA) is 251 Å². The highest BCUT2D eigenvalue weighted by molar-refractivity contribution is 5.80. The van der Waals surface area contributed by atoms with Gasteiger partial charge in [0.1, 0.15) is 31.5 Å². The van der Waals surface area contributed by atoms with Crippen LogP contribution >= 0.6 is 0 Å². The van der Waals surface area contributed by atoms with E-state index in [1.54, 1.807) is 6.07 Å². The number of ether oxygens (including phenoxy) is 10. The fraction of sp³-hybridized carbons (Fsp3) is 0.528. The number of benzene rings is 1. The molecule has 4 rings (SSSR count). The molecule has 0 radical (unpaired) electrons. The highest BCUT2D eigenvalue weighted by atomic mass is 16.8. The molecule has 304 valence electrons. The minimum absolute atomic E-state index is 0.0500. The van der Waals surface area contributed by atoms with Crippen LogP contribution < -0.4 is 11.0 Å². The normalized spacial score (nSPS) is 27.2. The van der Waals surface area contributed by atoms with Crippen molar-refractivity contribution in [2.24, 2.45) is 0 Å². The highest BCUT2D eigenvalue weighted by Crippen LogP contribution is 2.37. The molecule has 20 heteroatoms. The van der Waals surface area contributed by atoms with Crippen LogP contribution in [0.5, 0.6) is 0 Å². The van der Waals surface area contributed by atoms with Gasteiger partial charge in [-0.05, 0) is 6.07 Å². The summed E-state index contributed by atoms with van der Waals surface area (Å²) in [6.45, 7) is 5.92. The Bertz CT molecular complexity index is 1960. The first kappa shape index (κ1) is 43.0. The quantitative estimate of drug-likeness (QED) is 0.205. The summed E-state index contributed by atoms with van der Waals surface area (Å²) in [5.74, 6) is -6.30. The van der Waals surface area contributed by atoms with Gasteiger partial charge in [0, 0.05) is 66.1 Å². The van der Waals surface area contributed by atoms with Gasteiger partial charge in [-0.3, -0.25) is 47.7 Å². The van der Waals surface area contributed by atoms with Gasteiger partial charge >= 0.3 is 41.8 Å². The van der Waals surface area contributed by atoms with Crippen molar-refractivity contribution in [2.75, 3.05) is 13.2 Å². The van der Waals surface area contributed by atoms with Gasteiger partial charge in [-0.15, -0.1) is 0 Å². The fourth-order valence-corrected chi connectivity index (χ4v) is 6.24. The molecule has 2 aliphatic rings. The lowest BCUT2D eigenvalue weighted by Crippen LogP contribution is -2.66. The molecule has 0 aliphatic carbocycles. The second-order valence-electron chi connectivity index (χ2n) is 12.6. The van der Waals surface area contributed by atoms with Crippen LogP contribution in [0.1, 0.15) is 54.7 Å². The summed E-state index contributed by atoms with van der Waals surface area (Å²) in [6.07, 6.45) is -15.8. The van der Waals surface area contributed by atoms with Gasteiger partial charge in [-0.2, -0.15) is 0 Å². The van der Waals surface area contributed by atoms with E-state index in [-0.39, 0.29) is 10.8 Å². The lowest BCUT2D eigenvalue weighted by Gasteiger charge is -2.49. The maximum Gasteiger partial charge on any atom is 0.303 e. The van der Waals surface area contributed by atoms with Crippen LogP contribution in [0.15, 0.2) is 46.1 Å². The van der Waals surface area contributed by atoms with E-state index in [0.717, 1.165) is 65.3 Å². The molecule has 2 aliphatic heterocycles. The molecule has 0 unspecified atom stereocenters. The molecule has 56 heavy (non-hydrogen) atoms. The zero-order valence-electron chi connectivity index (χ0n) is 31.4. The van der Waals surface area contributed by atoms with Gasteiger partial charge in [0.2, 0.25) is 0 Å². The van der Waals surface area contributed by atoms with E-state index in [1.807, 2.05) is 0 Å². The van der Waals surface area contributed by atoms with Crippen LogP contribution in [0.25, 0.3) is 10.8 Å². The Kier molecular flexibility index (Phi) is 14.4. The number of esters is 7. The monoisotopic (exact) mass is 791 g/mol. The van der Waals surface area contributed by atoms with Gasteiger partial charge in [-0.1, -0.05) is 18.2 Å². The molecule has 0 saturated carbocycles.